The lowest BCUT2D eigenvalue weighted by atomic mass is 10.1. The van der Waals surface area contributed by atoms with Crippen molar-refractivity contribution in [2.24, 2.45) is 0 Å². The molecule has 0 unspecified atom stereocenters. The lowest BCUT2D eigenvalue weighted by Gasteiger charge is -2.21. The maximum Gasteiger partial charge on any atom is 0.337 e. The first kappa shape index (κ1) is 19.2. The van der Waals surface area contributed by atoms with Crippen LogP contribution in [-0.2, 0) is 14.3 Å². The van der Waals surface area contributed by atoms with Gasteiger partial charge in [0.2, 0.25) is 11.8 Å². The van der Waals surface area contributed by atoms with Crippen LogP contribution in [0.4, 0.5) is 11.4 Å². The maximum atomic E-state index is 12.2. The zero-order valence-electron chi connectivity index (χ0n) is 15.1. The Morgan fingerprint density at radius 3 is 2.46 bits per heavy atom. The van der Waals surface area contributed by atoms with E-state index in [9.17, 15) is 14.4 Å². The summed E-state index contributed by atoms with van der Waals surface area (Å²) in [6.45, 7) is 3.57. The fraction of sp³-hybridized carbons (Fsp3) is 0.250. The molecule has 136 valence electrons. The molecule has 2 amide bonds. The van der Waals surface area contributed by atoms with Crippen molar-refractivity contribution in [2.45, 2.75) is 20.3 Å². The second-order valence-corrected chi connectivity index (χ2v) is 5.88. The normalized spacial score (nSPS) is 10.1. The summed E-state index contributed by atoms with van der Waals surface area (Å²) in [6.07, 6.45) is 0.135. The highest BCUT2D eigenvalue weighted by atomic mass is 16.5. The van der Waals surface area contributed by atoms with Gasteiger partial charge in [0.25, 0.3) is 0 Å². The highest BCUT2D eigenvalue weighted by Crippen LogP contribution is 2.18. The van der Waals surface area contributed by atoms with Gasteiger partial charge in [0.15, 0.2) is 0 Å². The van der Waals surface area contributed by atoms with Crippen LogP contribution in [0.1, 0.15) is 29.3 Å². The van der Waals surface area contributed by atoms with Gasteiger partial charge in [-0.15, -0.1) is 0 Å². The third kappa shape index (κ3) is 5.17. The molecular formula is C20H22N2O4. The molecule has 0 saturated carbocycles. The molecule has 2 rings (SSSR count). The third-order valence-corrected chi connectivity index (χ3v) is 3.82. The van der Waals surface area contributed by atoms with Crippen molar-refractivity contribution in [3.8, 4) is 0 Å². The van der Waals surface area contributed by atoms with Gasteiger partial charge in [0.1, 0.15) is 0 Å². The summed E-state index contributed by atoms with van der Waals surface area (Å²) >= 11 is 0. The van der Waals surface area contributed by atoms with Crippen LogP contribution >= 0.6 is 0 Å². The molecular weight excluding hydrogens is 332 g/mol. The minimum atomic E-state index is -0.479. The lowest BCUT2D eigenvalue weighted by molar-refractivity contribution is -0.117. The second-order valence-electron chi connectivity index (χ2n) is 5.88. The van der Waals surface area contributed by atoms with Gasteiger partial charge >= 0.3 is 5.97 Å². The molecule has 0 atom stereocenters. The van der Waals surface area contributed by atoms with Crippen LogP contribution < -0.4 is 10.2 Å². The van der Waals surface area contributed by atoms with Gasteiger partial charge in [-0.2, -0.15) is 0 Å². The van der Waals surface area contributed by atoms with Crippen LogP contribution in [0.15, 0.2) is 48.5 Å². The van der Waals surface area contributed by atoms with Crippen LogP contribution in [0, 0.1) is 6.92 Å². The van der Waals surface area contributed by atoms with Gasteiger partial charge in [0, 0.05) is 31.3 Å². The molecule has 2 aromatic carbocycles. The summed E-state index contributed by atoms with van der Waals surface area (Å²) in [5.41, 5.74) is 2.66. The van der Waals surface area contributed by atoms with Crippen LogP contribution in [-0.4, -0.2) is 31.4 Å². The molecule has 0 fully saturated rings. The van der Waals surface area contributed by atoms with Crippen molar-refractivity contribution in [3.63, 3.8) is 0 Å². The molecule has 0 spiro atoms. The van der Waals surface area contributed by atoms with Gasteiger partial charge in [-0.3, -0.25) is 9.59 Å². The number of rotatable bonds is 6. The number of methoxy groups -OCH3 is 1. The smallest absolute Gasteiger partial charge is 0.337 e. The molecule has 0 radical (unpaired) electrons. The zero-order valence-corrected chi connectivity index (χ0v) is 15.1. The lowest BCUT2D eigenvalue weighted by Crippen LogP contribution is -2.32. The van der Waals surface area contributed by atoms with E-state index >= 15 is 0 Å². The number of nitrogens with zero attached hydrogens (tertiary/aromatic N) is 1. The quantitative estimate of drug-likeness (QED) is 0.809. The van der Waals surface area contributed by atoms with Crippen LogP contribution in [0.2, 0.25) is 0 Å². The van der Waals surface area contributed by atoms with Crippen molar-refractivity contribution >= 4 is 29.2 Å². The number of ether oxygens (including phenoxy) is 1. The van der Waals surface area contributed by atoms with Crippen LogP contribution in [0.25, 0.3) is 0 Å². The number of esters is 1. The second kappa shape index (κ2) is 8.80. The average molecular weight is 354 g/mol. The third-order valence-electron chi connectivity index (χ3n) is 3.82. The van der Waals surface area contributed by atoms with Crippen LogP contribution in [0.3, 0.4) is 0 Å². The number of carbonyl (C=O) groups excluding carboxylic acids is 3. The summed E-state index contributed by atoms with van der Waals surface area (Å²) in [6, 6.07) is 14.1. The van der Waals surface area contributed by atoms with Crippen molar-refractivity contribution in [1.82, 2.24) is 0 Å². The summed E-state index contributed by atoms with van der Waals surface area (Å²) in [4.78, 5) is 37.3. The Morgan fingerprint density at radius 1 is 1.08 bits per heavy atom. The number of hydrogen-bond acceptors (Lipinski definition) is 4. The predicted octanol–water partition coefficient (Wildman–Crippen LogP) is 3.16. The van der Waals surface area contributed by atoms with Crippen molar-refractivity contribution < 1.29 is 19.1 Å². The number of aryl methyl sites for hydroxylation is 1. The fourth-order valence-corrected chi connectivity index (χ4v) is 2.55. The van der Waals surface area contributed by atoms with Gasteiger partial charge in [-0.05, 0) is 42.8 Å². The zero-order chi connectivity index (χ0) is 19.1. The van der Waals surface area contributed by atoms with E-state index in [0.717, 1.165) is 11.3 Å². The summed E-state index contributed by atoms with van der Waals surface area (Å²) < 4.78 is 4.70. The Morgan fingerprint density at radius 2 is 1.81 bits per heavy atom. The van der Waals surface area contributed by atoms with Gasteiger partial charge in [-0.1, -0.05) is 18.2 Å². The molecule has 0 aliphatic heterocycles. The highest BCUT2D eigenvalue weighted by molar-refractivity contribution is 5.96. The SMILES string of the molecule is COC(=O)c1cccc(N(CCC(=O)Nc2cccc(C)c2)C(C)=O)c1. The molecule has 0 bridgehead atoms. The Balaban J connectivity index is 2.05. The van der Waals surface area contributed by atoms with E-state index in [1.807, 2.05) is 31.2 Å². The molecule has 0 aliphatic rings. The number of benzene rings is 2. The number of amides is 2. The first-order chi connectivity index (χ1) is 12.4. The number of nitrogens with one attached hydrogen (secondary N) is 1. The molecule has 26 heavy (non-hydrogen) atoms. The molecule has 6 heteroatoms. The van der Waals surface area contributed by atoms with E-state index in [1.165, 1.54) is 18.9 Å². The maximum absolute atomic E-state index is 12.2. The number of hydrogen-bond donors (Lipinski definition) is 1. The van der Waals surface area contributed by atoms with Gasteiger partial charge in [-0.25, -0.2) is 4.79 Å². The van der Waals surface area contributed by atoms with E-state index in [-0.39, 0.29) is 24.8 Å². The van der Waals surface area contributed by atoms with E-state index in [1.54, 1.807) is 24.3 Å². The van der Waals surface area contributed by atoms with E-state index in [2.05, 4.69) is 5.32 Å². The van der Waals surface area contributed by atoms with Crippen molar-refractivity contribution in [3.05, 3.63) is 59.7 Å². The highest BCUT2D eigenvalue weighted by Gasteiger charge is 2.15. The Kier molecular flexibility index (Phi) is 6.49. The fourth-order valence-electron chi connectivity index (χ4n) is 2.55. The van der Waals surface area contributed by atoms with E-state index < -0.39 is 5.97 Å². The van der Waals surface area contributed by atoms with Gasteiger partial charge in [0.05, 0.1) is 12.7 Å². The Bertz CT molecular complexity index is 817. The largest absolute Gasteiger partial charge is 0.465 e. The number of anilines is 2. The molecule has 2 aromatic rings. The number of carbonyl (C=O) groups is 3. The molecule has 0 aromatic heterocycles. The van der Waals surface area contributed by atoms with E-state index in [0.29, 0.717) is 11.3 Å². The van der Waals surface area contributed by atoms with Crippen molar-refractivity contribution in [1.29, 1.82) is 0 Å². The first-order valence-electron chi connectivity index (χ1n) is 8.23. The van der Waals surface area contributed by atoms with Crippen LogP contribution in [0.5, 0.6) is 0 Å². The summed E-state index contributed by atoms with van der Waals surface area (Å²) in [5.74, 6) is -0.881. The van der Waals surface area contributed by atoms with E-state index in [4.69, 9.17) is 4.74 Å². The standard InChI is InChI=1S/C20H22N2O4/c1-14-6-4-8-17(12-14)21-19(24)10-11-22(15(2)23)18-9-5-7-16(13-18)20(25)26-3/h4-9,12-13H,10-11H2,1-3H3,(H,21,24). The molecule has 1 N–H and O–H groups in total. The first-order valence-corrected chi connectivity index (χ1v) is 8.23. The van der Waals surface area contributed by atoms with Crippen molar-refractivity contribution in [2.75, 3.05) is 23.9 Å². The molecule has 0 heterocycles. The summed E-state index contributed by atoms with van der Waals surface area (Å²) in [7, 11) is 1.30. The monoisotopic (exact) mass is 354 g/mol. The Hall–Kier alpha value is -3.15. The minimum absolute atomic E-state index is 0.135. The molecule has 0 aliphatic carbocycles. The molecule has 0 saturated heterocycles. The topological polar surface area (TPSA) is 75.7 Å². The molecule has 6 nitrogen and oxygen atoms in total. The Labute approximate surface area is 152 Å². The predicted molar refractivity (Wildman–Crippen MR) is 100 cm³/mol. The summed E-state index contributed by atoms with van der Waals surface area (Å²) in [5, 5.41) is 2.82. The average Bonchev–Trinajstić information content (AvgIpc) is 2.61. The van der Waals surface area contributed by atoms with Gasteiger partial charge < -0.3 is 15.0 Å². The minimum Gasteiger partial charge on any atom is -0.465 e.